The third kappa shape index (κ3) is 1.61. The van der Waals surface area contributed by atoms with Crippen molar-refractivity contribution in [2.75, 3.05) is 0 Å². The Labute approximate surface area is 67.5 Å². The quantitative estimate of drug-likeness (QED) is 0.636. The summed E-state index contributed by atoms with van der Waals surface area (Å²) in [6.45, 7) is 1.18. The van der Waals surface area contributed by atoms with Gasteiger partial charge in [-0.05, 0) is 0 Å². The van der Waals surface area contributed by atoms with Gasteiger partial charge in [0.05, 0.1) is 0 Å². The maximum absolute atomic E-state index is 12.1. The number of hydrogen-bond acceptors (Lipinski definition) is 3. The molecule has 1 aromatic heterocycles. The van der Waals surface area contributed by atoms with Gasteiger partial charge in [-0.3, -0.25) is 9.78 Å². The molecule has 0 radical (unpaired) electrons. The molecule has 0 atom stereocenters. The predicted molar refractivity (Wildman–Crippen MR) is 37.0 cm³/mol. The van der Waals surface area contributed by atoms with Crippen LogP contribution >= 0.6 is 0 Å². The van der Waals surface area contributed by atoms with E-state index >= 15 is 0 Å². The fourth-order valence-corrected chi connectivity index (χ4v) is 0.780. The number of hydrogen-bond donors (Lipinski definition) is 0. The minimum absolute atomic E-state index is 0.257. The van der Waals surface area contributed by atoms with E-state index in [1.165, 1.54) is 13.1 Å². The molecule has 0 aromatic carbocycles. The van der Waals surface area contributed by atoms with Gasteiger partial charge in [0.15, 0.2) is 5.78 Å². The maximum atomic E-state index is 12.1. The third-order valence-electron chi connectivity index (χ3n) is 1.27. The molecule has 0 unspecified atom stereocenters. The van der Waals surface area contributed by atoms with Crippen molar-refractivity contribution in [1.29, 1.82) is 0 Å². The second-order valence-electron chi connectivity index (χ2n) is 2.15. The molecule has 0 saturated heterocycles. The van der Waals surface area contributed by atoms with Crippen LogP contribution in [0.5, 0.6) is 0 Å². The van der Waals surface area contributed by atoms with Crippen molar-refractivity contribution in [3.8, 4) is 0 Å². The van der Waals surface area contributed by atoms with Crippen LogP contribution in [0.3, 0.4) is 0 Å². The molecule has 1 rings (SSSR count). The molecule has 0 saturated carbocycles. The molecule has 0 aliphatic heterocycles. The van der Waals surface area contributed by atoms with Gasteiger partial charge in [-0.15, -0.1) is 0 Å². The molecule has 0 N–H and O–H groups in total. The van der Waals surface area contributed by atoms with E-state index in [4.69, 9.17) is 0 Å². The average Bonchev–Trinajstić information content (AvgIpc) is 2.04. The molecule has 0 bridgehead atoms. The summed E-state index contributed by atoms with van der Waals surface area (Å²) in [7, 11) is 0. The topological polar surface area (TPSA) is 42.9 Å². The summed E-state index contributed by atoms with van der Waals surface area (Å²) >= 11 is 0. The lowest BCUT2D eigenvalue weighted by atomic mass is 10.2. The van der Waals surface area contributed by atoms with Gasteiger partial charge in [-0.25, -0.2) is 13.8 Å². The van der Waals surface area contributed by atoms with Crippen LogP contribution in [0.15, 0.2) is 12.4 Å². The summed E-state index contributed by atoms with van der Waals surface area (Å²) in [5.41, 5.74) is -0.808. The third-order valence-corrected chi connectivity index (χ3v) is 1.27. The van der Waals surface area contributed by atoms with Gasteiger partial charge in [0.1, 0.15) is 11.4 Å². The van der Waals surface area contributed by atoms with Gasteiger partial charge in [-0.2, -0.15) is 0 Å². The van der Waals surface area contributed by atoms with Crippen LogP contribution in [0.2, 0.25) is 0 Å². The van der Waals surface area contributed by atoms with E-state index in [0.717, 1.165) is 6.20 Å². The highest BCUT2D eigenvalue weighted by atomic mass is 19.3. The molecular formula is C7H6F2N2O. The Morgan fingerprint density at radius 3 is 2.42 bits per heavy atom. The smallest absolute Gasteiger partial charge is 0.282 e. The molecule has 64 valence electrons. The van der Waals surface area contributed by atoms with Gasteiger partial charge in [0.25, 0.3) is 6.43 Å². The molecule has 1 heterocycles. The highest BCUT2D eigenvalue weighted by Gasteiger charge is 2.17. The number of halogens is 2. The largest absolute Gasteiger partial charge is 0.293 e. The highest BCUT2D eigenvalue weighted by molar-refractivity contribution is 5.93. The number of Topliss-reactive ketones (excluding diaryl/α,β-unsaturated/α-hetero) is 1. The zero-order valence-electron chi connectivity index (χ0n) is 6.29. The molecule has 0 spiro atoms. The molecule has 0 aliphatic rings. The standard InChI is InChI=1S/C7H6F2N2O/c1-4(12)5-6(7(8)9)11-3-2-10-5/h2-3,7H,1H3. The normalized spacial score (nSPS) is 10.3. The lowest BCUT2D eigenvalue weighted by Gasteiger charge is -2.01. The predicted octanol–water partition coefficient (Wildman–Crippen LogP) is 1.62. The lowest BCUT2D eigenvalue weighted by molar-refractivity contribution is 0.0989. The Balaban J connectivity index is 3.17. The van der Waals surface area contributed by atoms with E-state index in [-0.39, 0.29) is 5.69 Å². The lowest BCUT2D eigenvalue weighted by Crippen LogP contribution is -2.05. The molecule has 5 heteroatoms. The molecule has 0 amide bonds. The van der Waals surface area contributed by atoms with Crippen LogP contribution in [-0.2, 0) is 0 Å². The van der Waals surface area contributed by atoms with Gasteiger partial charge in [0.2, 0.25) is 0 Å². The minimum Gasteiger partial charge on any atom is -0.293 e. The van der Waals surface area contributed by atoms with Gasteiger partial charge < -0.3 is 0 Å². The van der Waals surface area contributed by atoms with Crippen molar-refractivity contribution in [1.82, 2.24) is 9.97 Å². The summed E-state index contributed by atoms with van der Waals surface area (Å²) in [5, 5.41) is 0. The highest BCUT2D eigenvalue weighted by Crippen LogP contribution is 2.18. The zero-order valence-corrected chi connectivity index (χ0v) is 6.29. The first kappa shape index (κ1) is 8.70. The van der Waals surface area contributed by atoms with Crippen molar-refractivity contribution >= 4 is 5.78 Å². The first-order chi connectivity index (χ1) is 5.63. The van der Waals surface area contributed by atoms with Crippen molar-refractivity contribution in [2.45, 2.75) is 13.3 Å². The monoisotopic (exact) mass is 172 g/mol. The Morgan fingerprint density at radius 1 is 1.42 bits per heavy atom. The number of nitrogens with zero attached hydrogens (tertiary/aromatic N) is 2. The number of carbonyl (C=O) groups is 1. The molecule has 0 fully saturated rings. The van der Waals surface area contributed by atoms with Crippen molar-refractivity contribution in [3.05, 3.63) is 23.8 Å². The van der Waals surface area contributed by atoms with E-state index in [0.29, 0.717) is 0 Å². The Hall–Kier alpha value is -1.39. The van der Waals surface area contributed by atoms with Crippen LogP contribution in [0, 0.1) is 0 Å². The minimum atomic E-state index is -2.75. The Bertz CT molecular complexity index is 301. The SMILES string of the molecule is CC(=O)c1nccnc1C(F)F. The number of rotatable bonds is 2. The van der Waals surface area contributed by atoms with Crippen molar-refractivity contribution in [3.63, 3.8) is 0 Å². The summed E-state index contributed by atoms with van der Waals surface area (Å²) in [5.74, 6) is -0.501. The van der Waals surface area contributed by atoms with Crippen LogP contribution in [-0.4, -0.2) is 15.8 Å². The zero-order chi connectivity index (χ0) is 9.14. The Morgan fingerprint density at radius 2 is 2.00 bits per heavy atom. The van der Waals surface area contributed by atoms with E-state index in [1.54, 1.807) is 0 Å². The first-order valence-electron chi connectivity index (χ1n) is 3.23. The van der Waals surface area contributed by atoms with Gasteiger partial charge in [0, 0.05) is 19.3 Å². The van der Waals surface area contributed by atoms with E-state index in [1.807, 2.05) is 0 Å². The fourth-order valence-electron chi connectivity index (χ4n) is 0.780. The molecule has 3 nitrogen and oxygen atoms in total. The summed E-state index contributed by atoms with van der Waals surface area (Å²) < 4.78 is 24.3. The number of carbonyl (C=O) groups excluding carboxylic acids is 1. The van der Waals surface area contributed by atoms with Crippen LogP contribution in [0.4, 0.5) is 8.78 Å². The van der Waals surface area contributed by atoms with E-state index in [2.05, 4.69) is 9.97 Å². The summed E-state index contributed by atoms with van der Waals surface area (Å²) in [6.07, 6.45) is -0.408. The molecular weight excluding hydrogens is 166 g/mol. The fraction of sp³-hybridized carbons (Fsp3) is 0.286. The van der Waals surface area contributed by atoms with Crippen molar-refractivity contribution in [2.24, 2.45) is 0 Å². The summed E-state index contributed by atoms with van der Waals surface area (Å²) in [6, 6.07) is 0. The molecule has 0 aliphatic carbocycles. The first-order valence-corrected chi connectivity index (χ1v) is 3.23. The van der Waals surface area contributed by atoms with E-state index in [9.17, 15) is 13.6 Å². The number of ketones is 1. The second-order valence-corrected chi connectivity index (χ2v) is 2.15. The molecule has 12 heavy (non-hydrogen) atoms. The van der Waals surface area contributed by atoms with Crippen LogP contribution < -0.4 is 0 Å². The van der Waals surface area contributed by atoms with Gasteiger partial charge >= 0.3 is 0 Å². The van der Waals surface area contributed by atoms with Gasteiger partial charge in [-0.1, -0.05) is 0 Å². The van der Waals surface area contributed by atoms with E-state index < -0.39 is 17.9 Å². The maximum Gasteiger partial charge on any atom is 0.282 e. The molecule has 1 aromatic rings. The Kier molecular flexibility index (Phi) is 2.42. The summed E-state index contributed by atoms with van der Waals surface area (Å²) in [4.78, 5) is 17.6. The van der Waals surface area contributed by atoms with Crippen LogP contribution in [0.1, 0.15) is 29.5 Å². The van der Waals surface area contributed by atoms with Crippen LogP contribution in [0.25, 0.3) is 0 Å². The van der Waals surface area contributed by atoms with Crippen molar-refractivity contribution < 1.29 is 13.6 Å². The number of aromatic nitrogens is 2. The average molecular weight is 172 g/mol. The number of alkyl halides is 2. The second kappa shape index (κ2) is 3.34.